The zero-order chi connectivity index (χ0) is 42.3. The van der Waals surface area contributed by atoms with E-state index in [1.54, 1.807) is 44.0 Å². The lowest BCUT2D eigenvalue weighted by molar-refractivity contribution is -0.158. The van der Waals surface area contributed by atoms with Crippen molar-refractivity contribution in [3.05, 3.63) is 34.9 Å². The Hall–Kier alpha value is -3.83. The molecule has 17 heteroatoms. The summed E-state index contributed by atoms with van der Waals surface area (Å²) >= 11 is 6.27. The SMILES string of the molecule is CCC[C@H](NC(=O)[C@@H]1C[C@]2(CC(c3cccc(Cl)c3)=NO2)CN1C(=O)[C@@H](NC(=O)CCC1CN(COC(=O)C(C)(C)C)NN1)C(C)(C)C)C(O)C(=O)NC(C)CC. The molecule has 1 aromatic rings. The number of carbonyl (C=O) groups excluding carboxylic acids is 5. The summed E-state index contributed by atoms with van der Waals surface area (Å²) in [6, 6.07) is 3.88. The van der Waals surface area contributed by atoms with E-state index in [9.17, 15) is 29.1 Å². The largest absolute Gasteiger partial charge is 0.448 e. The van der Waals surface area contributed by atoms with E-state index in [0.717, 1.165) is 5.56 Å². The Morgan fingerprint density at radius 1 is 1.11 bits per heavy atom. The van der Waals surface area contributed by atoms with Crippen LogP contribution in [0.15, 0.2) is 29.4 Å². The topological polar surface area (TPSA) is 203 Å². The van der Waals surface area contributed by atoms with Gasteiger partial charge in [0.25, 0.3) is 5.91 Å². The van der Waals surface area contributed by atoms with Crippen LogP contribution >= 0.6 is 11.6 Å². The number of rotatable bonds is 16. The molecule has 0 radical (unpaired) electrons. The number of nitrogens with one attached hydrogen (secondary N) is 5. The van der Waals surface area contributed by atoms with Crippen molar-refractivity contribution in [2.45, 2.75) is 149 Å². The summed E-state index contributed by atoms with van der Waals surface area (Å²) in [5.74, 6) is -2.29. The number of hydrazine groups is 2. The fourth-order valence-corrected chi connectivity index (χ4v) is 7.15. The third kappa shape index (κ3) is 12.3. The molecule has 57 heavy (non-hydrogen) atoms. The Labute approximate surface area is 341 Å². The number of ether oxygens (including phenoxy) is 1. The lowest BCUT2D eigenvalue weighted by Crippen LogP contribution is -2.59. The lowest BCUT2D eigenvalue weighted by Gasteiger charge is -2.36. The van der Waals surface area contributed by atoms with Crippen molar-refractivity contribution in [3.63, 3.8) is 0 Å². The van der Waals surface area contributed by atoms with E-state index < -0.39 is 58.4 Å². The van der Waals surface area contributed by atoms with Gasteiger partial charge in [0.05, 0.1) is 23.7 Å². The highest BCUT2D eigenvalue weighted by Crippen LogP contribution is 2.40. The molecule has 3 aliphatic heterocycles. The second-order valence-corrected chi connectivity index (χ2v) is 18.2. The number of hydrogen-bond donors (Lipinski definition) is 6. The van der Waals surface area contributed by atoms with Gasteiger partial charge in [-0.1, -0.05) is 69.9 Å². The highest BCUT2D eigenvalue weighted by molar-refractivity contribution is 6.31. The fourth-order valence-electron chi connectivity index (χ4n) is 6.96. The average molecular weight is 819 g/mol. The molecule has 16 nitrogen and oxygen atoms in total. The van der Waals surface area contributed by atoms with Crippen LogP contribution in [0.5, 0.6) is 0 Å². The van der Waals surface area contributed by atoms with Crippen LogP contribution in [-0.4, -0.2) is 112 Å². The Bertz CT molecular complexity index is 1650. The van der Waals surface area contributed by atoms with Crippen molar-refractivity contribution in [3.8, 4) is 0 Å². The number of likely N-dealkylation sites (tertiary alicyclic amines) is 1. The van der Waals surface area contributed by atoms with E-state index >= 15 is 0 Å². The van der Waals surface area contributed by atoms with Gasteiger partial charge in [-0.25, -0.2) is 5.43 Å². The summed E-state index contributed by atoms with van der Waals surface area (Å²) in [5.41, 5.74) is 4.99. The molecule has 1 spiro atoms. The first kappa shape index (κ1) is 45.9. The van der Waals surface area contributed by atoms with Crippen LogP contribution in [0.4, 0.5) is 0 Å². The molecule has 6 N–H and O–H groups in total. The van der Waals surface area contributed by atoms with E-state index in [4.69, 9.17) is 21.2 Å². The monoisotopic (exact) mass is 818 g/mol. The van der Waals surface area contributed by atoms with Crippen LogP contribution < -0.4 is 26.9 Å². The van der Waals surface area contributed by atoms with Crippen LogP contribution in [0.3, 0.4) is 0 Å². The molecule has 318 valence electrons. The van der Waals surface area contributed by atoms with E-state index in [-0.39, 0.29) is 50.1 Å². The summed E-state index contributed by atoms with van der Waals surface area (Å²) in [5, 5.41) is 26.3. The first-order valence-corrected chi connectivity index (χ1v) is 20.4. The van der Waals surface area contributed by atoms with E-state index in [2.05, 4.69) is 32.1 Å². The molecule has 0 aromatic heterocycles. The number of aliphatic hydroxyl groups is 1. The highest BCUT2D eigenvalue weighted by atomic mass is 35.5. The normalized spacial score (nSPS) is 23.3. The third-order valence-corrected chi connectivity index (χ3v) is 10.8. The number of esters is 1. The van der Waals surface area contributed by atoms with Crippen LogP contribution in [-0.2, 0) is 33.5 Å². The third-order valence-electron chi connectivity index (χ3n) is 10.5. The van der Waals surface area contributed by atoms with E-state index in [1.807, 2.05) is 47.6 Å². The maximum Gasteiger partial charge on any atom is 0.312 e. The van der Waals surface area contributed by atoms with Crippen LogP contribution in [0, 0.1) is 10.8 Å². The second kappa shape index (κ2) is 19.3. The summed E-state index contributed by atoms with van der Waals surface area (Å²) in [4.78, 5) is 75.2. The minimum absolute atomic E-state index is 0.00270. The van der Waals surface area contributed by atoms with Gasteiger partial charge < -0.3 is 35.5 Å². The molecule has 0 bridgehead atoms. The Morgan fingerprint density at radius 2 is 1.82 bits per heavy atom. The first-order chi connectivity index (χ1) is 26.7. The van der Waals surface area contributed by atoms with Gasteiger partial charge >= 0.3 is 5.97 Å². The van der Waals surface area contributed by atoms with Gasteiger partial charge in [0, 0.05) is 48.5 Å². The molecule has 1 aromatic carbocycles. The molecule has 4 rings (SSSR count). The average Bonchev–Trinajstić information content (AvgIpc) is 3.89. The molecule has 0 saturated carbocycles. The first-order valence-electron chi connectivity index (χ1n) is 20.0. The van der Waals surface area contributed by atoms with Crippen LogP contribution in [0.2, 0.25) is 5.02 Å². The van der Waals surface area contributed by atoms with Crippen molar-refractivity contribution in [1.82, 2.24) is 36.8 Å². The maximum atomic E-state index is 14.7. The molecule has 3 heterocycles. The molecule has 7 atom stereocenters. The van der Waals surface area contributed by atoms with Crippen molar-refractivity contribution >= 4 is 46.9 Å². The van der Waals surface area contributed by atoms with Gasteiger partial charge in [-0.05, 0) is 64.5 Å². The number of amides is 4. The van der Waals surface area contributed by atoms with Gasteiger partial charge in [-0.15, -0.1) is 0 Å². The van der Waals surface area contributed by atoms with Crippen molar-refractivity contribution in [2.24, 2.45) is 16.0 Å². The van der Waals surface area contributed by atoms with Crippen molar-refractivity contribution in [1.29, 1.82) is 0 Å². The number of hydrogen-bond acceptors (Lipinski definition) is 12. The van der Waals surface area contributed by atoms with E-state index in [1.165, 1.54) is 4.90 Å². The summed E-state index contributed by atoms with van der Waals surface area (Å²) < 4.78 is 5.38. The molecule has 2 saturated heterocycles. The Kier molecular flexibility index (Phi) is 15.5. The minimum atomic E-state index is -1.51. The number of aliphatic hydroxyl groups excluding tert-OH is 1. The van der Waals surface area contributed by atoms with E-state index in [0.29, 0.717) is 49.4 Å². The van der Waals surface area contributed by atoms with Crippen molar-refractivity contribution < 1.29 is 38.7 Å². The standard InChI is InChI=1S/C40H63ClN8O8/c1-10-13-28(32(51)35(53)42-24(3)11-2)43-34(52)30-20-40(19-29(46-57-40)25-14-12-15-26(41)18-25)22-49(30)36(54)33(38(4,5)6)44-31(50)17-16-27-21-48(47-45-27)23-56-37(55)39(7,8)9/h12,14-15,18,24,27-28,30,32-33,45,47,51H,10-11,13,16-17,19-23H2,1-9H3,(H,42,53)(H,43,52)(H,44,50)/t24?,27?,28-,30-,32?,33+,40+/m0/s1. The highest BCUT2D eigenvalue weighted by Gasteiger charge is 2.55. The van der Waals surface area contributed by atoms with Gasteiger partial charge in [0.15, 0.2) is 18.4 Å². The molecular formula is C40H63ClN8O8. The summed E-state index contributed by atoms with van der Waals surface area (Å²) in [6.45, 7) is 17.0. The number of carbonyl (C=O) groups is 5. The number of halogens is 1. The zero-order valence-corrected chi connectivity index (χ0v) is 35.6. The maximum absolute atomic E-state index is 14.7. The Balaban J connectivity index is 1.50. The molecule has 0 aliphatic carbocycles. The minimum Gasteiger partial charge on any atom is -0.448 e. The predicted molar refractivity (Wildman–Crippen MR) is 215 cm³/mol. The zero-order valence-electron chi connectivity index (χ0n) is 34.9. The number of benzene rings is 1. The van der Waals surface area contributed by atoms with Gasteiger partial charge in [0.2, 0.25) is 17.7 Å². The molecule has 3 aliphatic rings. The number of oxime groups is 1. The van der Waals surface area contributed by atoms with Gasteiger partial charge in [0.1, 0.15) is 12.1 Å². The Morgan fingerprint density at radius 3 is 2.46 bits per heavy atom. The predicted octanol–water partition coefficient (Wildman–Crippen LogP) is 2.92. The summed E-state index contributed by atoms with van der Waals surface area (Å²) in [7, 11) is 0. The fraction of sp³-hybridized carbons (Fsp3) is 0.700. The number of nitrogens with zero attached hydrogens (tertiary/aromatic N) is 3. The van der Waals surface area contributed by atoms with Crippen LogP contribution in [0.25, 0.3) is 0 Å². The van der Waals surface area contributed by atoms with Crippen molar-refractivity contribution in [2.75, 3.05) is 19.8 Å². The second-order valence-electron chi connectivity index (χ2n) is 17.7. The molecule has 2 fully saturated rings. The summed E-state index contributed by atoms with van der Waals surface area (Å²) in [6.07, 6.45) is 0.935. The van der Waals surface area contributed by atoms with Crippen LogP contribution in [0.1, 0.15) is 113 Å². The molecular weight excluding hydrogens is 756 g/mol. The van der Waals surface area contributed by atoms with Gasteiger partial charge in [-0.2, -0.15) is 10.5 Å². The van der Waals surface area contributed by atoms with Gasteiger partial charge in [-0.3, -0.25) is 24.0 Å². The lowest BCUT2D eigenvalue weighted by atomic mass is 9.85. The molecule has 4 amide bonds. The quantitative estimate of drug-likeness (QED) is 0.134. The molecule has 3 unspecified atom stereocenters. The smallest absolute Gasteiger partial charge is 0.312 e.